The second kappa shape index (κ2) is 4.72. The maximum absolute atomic E-state index is 12.7. The van der Waals surface area contributed by atoms with E-state index in [1.165, 1.54) is 18.4 Å². The Balaban J connectivity index is 2.52. The normalized spacial score (nSPS) is 10.9. The number of ether oxygens (including phenoxy) is 1. The molecule has 0 amide bonds. The van der Waals surface area contributed by atoms with Crippen molar-refractivity contribution in [3.63, 3.8) is 0 Å². The molecule has 2 aromatic carbocycles. The second-order valence-electron chi connectivity index (χ2n) is 4.60. The van der Waals surface area contributed by atoms with Crippen molar-refractivity contribution in [3.05, 3.63) is 57.7 Å². The fourth-order valence-corrected chi connectivity index (χ4v) is 3.38. The SMILES string of the molecule is COC(=O)c1cccc2sc3ccc(C)cc3c(=O)c12. The molecule has 0 fully saturated rings. The average Bonchev–Trinajstić information content (AvgIpc) is 2.47. The Labute approximate surface area is 119 Å². The van der Waals surface area contributed by atoms with E-state index in [4.69, 9.17) is 4.74 Å². The molecule has 100 valence electrons. The van der Waals surface area contributed by atoms with Gasteiger partial charge >= 0.3 is 5.97 Å². The van der Waals surface area contributed by atoms with Crippen LogP contribution in [0.25, 0.3) is 20.2 Å². The van der Waals surface area contributed by atoms with Gasteiger partial charge in [-0.05, 0) is 31.2 Å². The van der Waals surface area contributed by atoms with Crippen molar-refractivity contribution in [2.75, 3.05) is 7.11 Å². The standard InChI is InChI=1S/C16H12O3S/c1-9-6-7-12-11(8-9)15(17)14-10(16(18)19-2)4-3-5-13(14)20-12/h3-8H,1-2H3. The molecule has 0 radical (unpaired) electrons. The maximum atomic E-state index is 12.7. The summed E-state index contributed by atoms with van der Waals surface area (Å²) >= 11 is 1.51. The monoisotopic (exact) mass is 284 g/mol. The molecule has 20 heavy (non-hydrogen) atoms. The van der Waals surface area contributed by atoms with Crippen LogP contribution in [0.2, 0.25) is 0 Å². The maximum Gasteiger partial charge on any atom is 0.338 e. The Morgan fingerprint density at radius 3 is 2.70 bits per heavy atom. The fourth-order valence-electron chi connectivity index (χ4n) is 2.29. The second-order valence-corrected chi connectivity index (χ2v) is 5.68. The third-order valence-corrected chi connectivity index (χ3v) is 4.39. The lowest BCUT2D eigenvalue weighted by Crippen LogP contribution is -2.09. The first-order valence-corrected chi connectivity index (χ1v) is 6.98. The first-order valence-electron chi connectivity index (χ1n) is 6.16. The summed E-state index contributed by atoms with van der Waals surface area (Å²) < 4.78 is 6.49. The molecule has 0 N–H and O–H groups in total. The predicted molar refractivity (Wildman–Crippen MR) is 81.7 cm³/mol. The van der Waals surface area contributed by atoms with Gasteiger partial charge in [0.15, 0.2) is 5.43 Å². The number of rotatable bonds is 1. The van der Waals surface area contributed by atoms with Gasteiger partial charge in [0.25, 0.3) is 0 Å². The van der Waals surface area contributed by atoms with Crippen LogP contribution in [0.1, 0.15) is 15.9 Å². The van der Waals surface area contributed by atoms with Crippen LogP contribution in [0.4, 0.5) is 0 Å². The van der Waals surface area contributed by atoms with Crippen LogP contribution in [0, 0.1) is 6.92 Å². The van der Waals surface area contributed by atoms with Crippen molar-refractivity contribution in [3.8, 4) is 0 Å². The van der Waals surface area contributed by atoms with Crippen molar-refractivity contribution < 1.29 is 9.53 Å². The number of fused-ring (bicyclic) bond motifs is 2. The number of esters is 1. The smallest absolute Gasteiger partial charge is 0.338 e. The van der Waals surface area contributed by atoms with E-state index in [1.807, 2.05) is 31.2 Å². The van der Waals surface area contributed by atoms with Crippen molar-refractivity contribution >= 4 is 37.5 Å². The minimum atomic E-state index is -0.480. The van der Waals surface area contributed by atoms with E-state index in [1.54, 1.807) is 12.1 Å². The zero-order chi connectivity index (χ0) is 14.3. The van der Waals surface area contributed by atoms with Crippen LogP contribution >= 0.6 is 11.3 Å². The van der Waals surface area contributed by atoms with Crippen LogP contribution < -0.4 is 5.43 Å². The lowest BCUT2D eigenvalue weighted by atomic mass is 10.1. The van der Waals surface area contributed by atoms with E-state index in [9.17, 15) is 9.59 Å². The van der Waals surface area contributed by atoms with Crippen molar-refractivity contribution in [1.82, 2.24) is 0 Å². The Hall–Kier alpha value is -2.20. The molecule has 4 heteroatoms. The number of hydrogen-bond donors (Lipinski definition) is 0. The molecule has 3 nitrogen and oxygen atoms in total. The molecule has 0 saturated heterocycles. The number of benzene rings is 2. The number of carbonyl (C=O) groups is 1. The van der Waals surface area contributed by atoms with E-state index in [2.05, 4.69) is 0 Å². The first kappa shape index (κ1) is 12.8. The zero-order valence-electron chi connectivity index (χ0n) is 11.1. The highest BCUT2D eigenvalue weighted by Gasteiger charge is 2.15. The summed E-state index contributed by atoms with van der Waals surface area (Å²) in [7, 11) is 1.32. The van der Waals surface area contributed by atoms with E-state index in [0.717, 1.165) is 15.0 Å². The van der Waals surface area contributed by atoms with Gasteiger partial charge in [0.1, 0.15) is 0 Å². The highest BCUT2D eigenvalue weighted by Crippen LogP contribution is 2.27. The quantitative estimate of drug-likeness (QED) is 0.507. The van der Waals surface area contributed by atoms with Crippen molar-refractivity contribution in [2.24, 2.45) is 0 Å². The summed E-state index contributed by atoms with van der Waals surface area (Å²) in [6.45, 7) is 1.94. The van der Waals surface area contributed by atoms with Gasteiger partial charge < -0.3 is 4.74 Å². The van der Waals surface area contributed by atoms with Gasteiger partial charge in [-0.2, -0.15) is 0 Å². The first-order chi connectivity index (χ1) is 9.61. The molecule has 3 aromatic rings. The number of aryl methyl sites for hydroxylation is 1. The third-order valence-electron chi connectivity index (χ3n) is 3.26. The van der Waals surface area contributed by atoms with Gasteiger partial charge in [-0.25, -0.2) is 4.79 Å². The summed E-state index contributed by atoms with van der Waals surface area (Å²) in [5, 5.41) is 1.10. The van der Waals surface area contributed by atoms with E-state index in [0.29, 0.717) is 16.3 Å². The van der Waals surface area contributed by atoms with E-state index < -0.39 is 5.97 Å². The summed E-state index contributed by atoms with van der Waals surface area (Å²) in [4.78, 5) is 24.5. The fraction of sp³-hybridized carbons (Fsp3) is 0.125. The van der Waals surface area contributed by atoms with Gasteiger partial charge in [-0.3, -0.25) is 4.79 Å². The van der Waals surface area contributed by atoms with Gasteiger partial charge in [0, 0.05) is 14.8 Å². The molecule has 0 aliphatic carbocycles. The van der Waals surface area contributed by atoms with Crippen LogP contribution in [0.15, 0.2) is 41.2 Å². The molecule has 1 aromatic heterocycles. The molecular weight excluding hydrogens is 272 g/mol. The molecule has 0 unspecified atom stereocenters. The summed E-state index contributed by atoms with van der Waals surface area (Å²) in [5.41, 5.74) is 1.24. The number of carbonyl (C=O) groups excluding carboxylic acids is 1. The molecule has 3 rings (SSSR count). The Morgan fingerprint density at radius 1 is 1.15 bits per heavy atom. The summed E-state index contributed by atoms with van der Waals surface area (Å²) in [6, 6.07) is 11.0. The van der Waals surface area contributed by atoms with Gasteiger partial charge in [0.2, 0.25) is 0 Å². The van der Waals surface area contributed by atoms with Gasteiger partial charge in [0.05, 0.1) is 18.1 Å². The molecular formula is C16H12O3S. The highest BCUT2D eigenvalue weighted by molar-refractivity contribution is 7.24. The lowest BCUT2D eigenvalue weighted by molar-refractivity contribution is 0.0603. The van der Waals surface area contributed by atoms with E-state index in [-0.39, 0.29) is 5.43 Å². The molecule has 0 atom stereocenters. The largest absolute Gasteiger partial charge is 0.465 e. The van der Waals surface area contributed by atoms with Crippen molar-refractivity contribution in [1.29, 1.82) is 0 Å². The zero-order valence-corrected chi connectivity index (χ0v) is 11.9. The van der Waals surface area contributed by atoms with Gasteiger partial charge in [-0.1, -0.05) is 17.7 Å². The predicted octanol–water partition coefficient (Wildman–Crippen LogP) is 3.51. The minimum absolute atomic E-state index is 0.113. The van der Waals surface area contributed by atoms with Crippen LogP contribution in [-0.2, 0) is 4.74 Å². The highest BCUT2D eigenvalue weighted by atomic mass is 32.1. The number of methoxy groups -OCH3 is 1. The van der Waals surface area contributed by atoms with Crippen LogP contribution in [0.3, 0.4) is 0 Å². The molecule has 1 heterocycles. The van der Waals surface area contributed by atoms with Crippen molar-refractivity contribution in [2.45, 2.75) is 6.92 Å². The van der Waals surface area contributed by atoms with Crippen LogP contribution in [-0.4, -0.2) is 13.1 Å². The number of hydrogen-bond acceptors (Lipinski definition) is 4. The van der Waals surface area contributed by atoms with Gasteiger partial charge in [-0.15, -0.1) is 11.3 Å². The Morgan fingerprint density at radius 2 is 1.95 bits per heavy atom. The Bertz CT molecular complexity index is 893. The lowest BCUT2D eigenvalue weighted by Gasteiger charge is -2.06. The molecule has 0 aliphatic rings. The topological polar surface area (TPSA) is 43.4 Å². The summed E-state index contributed by atoms with van der Waals surface area (Å²) in [6.07, 6.45) is 0. The average molecular weight is 284 g/mol. The minimum Gasteiger partial charge on any atom is -0.465 e. The third kappa shape index (κ3) is 1.89. The molecule has 0 aliphatic heterocycles. The summed E-state index contributed by atoms with van der Waals surface area (Å²) in [5.74, 6) is -0.480. The van der Waals surface area contributed by atoms with E-state index >= 15 is 0 Å². The Kier molecular flexibility index (Phi) is 3.03. The molecule has 0 bridgehead atoms. The van der Waals surface area contributed by atoms with Crippen LogP contribution in [0.5, 0.6) is 0 Å². The molecule has 0 saturated carbocycles. The molecule has 0 spiro atoms.